The van der Waals surface area contributed by atoms with Crippen LogP contribution in [0.25, 0.3) is 22.0 Å². The van der Waals surface area contributed by atoms with Crippen LogP contribution in [0.4, 0.5) is 4.39 Å². The van der Waals surface area contributed by atoms with Gasteiger partial charge in [-0.25, -0.2) is 4.39 Å². The number of para-hydroxylation sites is 1. The lowest BCUT2D eigenvalue weighted by Crippen LogP contribution is -2.26. The maximum absolute atomic E-state index is 14.5. The number of fused-ring (bicyclic) bond motifs is 2. The molecule has 4 aromatic rings. The summed E-state index contributed by atoms with van der Waals surface area (Å²) in [5.41, 5.74) is 4.31. The molecule has 5 heteroatoms. The van der Waals surface area contributed by atoms with Gasteiger partial charge in [-0.05, 0) is 29.8 Å². The highest BCUT2D eigenvalue weighted by Crippen LogP contribution is 2.34. The van der Waals surface area contributed by atoms with E-state index >= 15 is 0 Å². The SMILES string of the molecule is O=C1c2c(-c3cccnc3)ccc(F)c2CN1CCc1ccc2ccccc2n1. The lowest BCUT2D eigenvalue weighted by molar-refractivity contribution is 0.0780. The fourth-order valence-corrected chi connectivity index (χ4v) is 3.88. The molecule has 3 heterocycles. The summed E-state index contributed by atoms with van der Waals surface area (Å²) < 4.78 is 14.5. The number of pyridine rings is 2. The number of carbonyl (C=O) groups is 1. The topological polar surface area (TPSA) is 46.1 Å². The second-order valence-electron chi connectivity index (χ2n) is 7.16. The van der Waals surface area contributed by atoms with Crippen molar-refractivity contribution in [2.24, 2.45) is 0 Å². The van der Waals surface area contributed by atoms with Crippen molar-refractivity contribution in [1.29, 1.82) is 0 Å². The Kier molecular flexibility index (Phi) is 4.28. The number of hydrogen-bond donors (Lipinski definition) is 0. The molecule has 5 rings (SSSR count). The number of amides is 1. The van der Waals surface area contributed by atoms with Crippen LogP contribution in [0.5, 0.6) is 0 Å². The molecule has 0 bridgehead atoms. The van der Waals surface area contributed by atoms with Gasteiger partial charge < -0.3 is 4.90 Å². The van der Waals surface area contributed by atoms with E-state index in [2.05, 4.69) is 9.97 Å². The van der Waals surface area contributed by atoms with Crippen molar-refractivity contribution in [3.63, 3.8) is 0 Å². The first-order valence-corrected chi connectivity index (χ1v) is 9.56. The second kappa shape index (κ2) is 7.09. The first-order chi connectivity index (χ1) is 14.2. The third kappa shape index (κ3) is 3.14. The molecule has 0 saturated carbocycles. The molecule has 0 aliphatic carbocycles. The minimum absolute atomic E-state index is 0.140. The predicted molar refractivity (Wildman–Crippen MR) is 110 cm³/mol. The van der Waals surface area contributed by atoms with Crippen LogP contribution in [0.2, 0.25) is 0 Å². The van der Waals surface area contributed by atoms with Gasteiger partial charge in [-0.3, -0.25) is 14.8 Å². The van der Waals surface area contributed by atoms with Gasteiger partial charge in [-0.15, -0.1) is 0 Å². The molecule has 2 aromatic carbocycles. The van der Waals surface area contributed by atoms with Crippen LogP contribution in [0.1, 0.15) is 21.6 Å². The molecule has 0 spiro atoms. The van der Waals surface area contributed by atoms with E-state index in [-0.39, 0.29) is 18.3 Å². The molecule has 1 aliphatic heterocycles. The summed E-state index contributed by atoms with van der Waals surface area (Å²) in [5, 5.41) is 1.09. The highest BCUT2D eigenvalue weighted by atomic mass is 19.1. The first-order valence-electron chi connectivity index (χ1n) is 9.56. The Hall–Kier alpha value is -3.60. The van der Waals surface area contributed by atoms with Crippen LogP contribution >= 0.6 is 0 Å². The molecule has 29 heavy (non-hydrogen) atoms. The molecule has 0 unspecified atom stereocenters. The van der Waals surface area contributed by atoms with Gasteiger partial charge in [-0.1, -0.05) is 36.4 Å². The number of hydrogen-bond acceptors (Lipinski definition) is 3. The molecule has 4 nitrogen and oxygen atoms in total. The molecule has 0 saturated heterocycles. The zero-order valence-corrected chi connectivity index (χ0v) is 15.7. The summed E-state index contributed by atoms with van der Waals surface area (Å²) in [6.45, 7) is 0.770. The van der Waals surface area contributed by atoms with E-state index in [1.165, 1.54) is 6.07 Å². The fourth-order valence-electron chi connectivity index (χ4n) is 3.88. The summed E-state index contributed by atoms with van der Waals surface area (Å²) >= 11 is 0. The second-order valence-corrected chi connectivity index (χ2v) is 7.16. The van der Waals surface area contributed by atoms with E-state index in [1.807, 2.05) is 48.5 Å². The van der Waals surface area contributed by atoms with Gasteiger partial charge >= 0.3 is 0 Å². The number of benzene rings is 2. The molecule has 0 atom stereocenters. The summed E-state index contributed by atoms with van der Waals surface area (Å²) in [6.07, 6.45) is 3.99. The quantitative estimate of drug-likeness (QED) is 0.516. The van der Waals surface area contributed by atoms with Crippen LogP contribution < -0.4 is 0 Å². The summed E-state index contributed by atoms with van der Waals surface area (Å²) in [5.74, 6) is -0.480. The van der Waals surface area contributed by atoms with E-state index in [4.69, 9.17) is 0 Å². The smallest absolute Gasteiger partial charge is 0.255 e. The normalized spacial score (nSPS) is 13.1. The molecule has 142 valence electrons. The average Bonchev–Trinajstić information content (AvgIpc) is 3.10. The average molecular weight is 383 g/mol. The monoisotopic (exact) mass is 383 g/mol. The van der Waals surface area contributed by atoms with Gasteiger partial charge in [-0.2, -0.15) is 0 Å². The Balaban J connectivity index is 1.41. The van der Waals surface area contributed by atoms with Crippen LogP contribution in [0.3, 0.4) is 0 Å². The van der Waals surface area contributed by atoms with Gasteiger partial charge in [0.25, 0.3) is 5.91 Å². The largest absolute Gasteiger partial charge is 0.334 e. The minimum Gasteiger partial charge on any atom is -0.334 e. The van der Waals surface area contributed by atoms with Gasteiger partial charge in [0.05, 0.1) is 11.1 Å². The molecule has 0 fully saturated rings. The van der Waals surface area contributed by atoms with Gasteiger partial charge in [0.2, 0.25) is 0 Å². The van der Waals surface area contributed by atoms with Crippen molar-refractivity contribution in [1.82, 2.24) is 14.9 Å². The van der Waals surface area contributed by atoms with Crippen LogP contribution in [-0.2, 0) is 13.0 Å². The molecule has 1 aliphatic rings. The van der Waals surface area contributed by atoms with Crippen molar-refractivity contribution >= 4 is 16.8 Å². The number of aromatic nitrogens is 2. The number of rotatable bonds is 4. The molecular weight excluding hydrogens is 365 g/mol. The molecule has 0 N–H and O–H groups in total. The zero-order chi connectivity index (χ0) is 19.8. The number of halogens is 1. The standard InChI is InChI=1S/C24H18FN3O/c25-21-10-9-19(17-5-3-12-26-14-17)23-20(21)15-28(24(23)29)13-11-18-8-7-16-4-1-2-6-22(16)27-18/h1-10,12,14H,11,13,15H2. The number of nitrogens with zero attached hydrogens (tertiary/aromatic N) is 3. The van der Waals surface area contributed by atoms with Crippen molar-refractivity contribution < 1.29 is 9.18 Å². The molecular formula is C24H18FN3O. The van der Waals surface area contributed by atoms with Crippen molar-refractivity contribution in [2.45, 2.75) is 13.0 Å². The molecule has 2 aromatic heterocycles. The zero-order valence-electron chi connectivity index (χ0n) is 15.7. The van der Waals surface area contributed by atoms with E-state index < -0.39 is 0 Å². The third-order valence-electron chi connectivity index (χ3n) is 5.37. The van der Waals surface area contributed by atoms with Gasteiger partial charge in [0, 0.05) is 54.1 Å². The Morgan fingerprint density at radius 3 is 2.76 bits per heavy atom. The summed E-state index contributed by atoms with van der Waals surface area (Å²) in [4.78, 5) is 23.6. The Bertz CT molecular complexity index is 1220. The lowest BCUT2D eigenvalue weighted by Gasteiger charge is -2.15. The fraction of sp³-hybridized carbons (Fsp3) is 0.125. The van der Waals surface area contributed by atoms with Crippen LogP contribution in [0.15, 0.2) is 73.1 Å². The van der Waals surface area contributed by atoms with E-state index in [0.717, 1.165) is 27.7 Å². The highest BCUT2D eigenvalue weighted by Gasteiger charge is 2.32. The van der Waals surface area contributed by atoms with Crippen molar-refractivity contribution in [3.05, 3.63) is 95.7 Å². The molecule has 0 radical (unpaired) electrons. The lowest BCUT2D eigenvalue weighted by atomic mass is 9.97. The Morgan fingerprint density at radius 2 is 1.90 bits per heavy atom. The predicted octanol–water partition coefficient (Wildman–Crippen LogP) is 4.63. The van der Waals surface area contributed by atoms with Crippen molar-refractivity contribution in [2.75, 3.05) is 6.54 Å². The maximum atomic E-state index is 14.5. The Labute approximate surface area is 167 Å². The van der Waals surface area contributed by atoms with Crippen LogP contribution in [0, 0.1) is 5.82 Å². The minimum atomic E-state index is -0.340. The third-order valence-corrected chi connectivity index (χ3v) is 5.37. The summed E-state index contributed by atoms with van der Waals surface area (Å²) in [6, 6.07) is 18.8. The van der Waals surface area contributed by atoms with Crippen molar-refractivity contribution in [3.8, 4) is 11.1 Å². The highest BCUT2D eigenvalue weighted by molar-refractivity contribution is 6.04. The first kappa shape index (κ1) is 17.5. The van der Waals surface area contributed by atoms with Crippen LogP contribution in [-0.4, -0.2) is 27.3 Å². The molecule has 1 amide bonds. The Morgan fingerprint density at radius 1 is 1.00 bits per heavy atom. The van der Waals surface area contributed by atoms with E-state index in [0.29, 0.717) is 24.1 Å². The number of carbonyl (C=O) groups excluding carboxylic acids is 1. The van der Waals surface area contributed by atoms with E-state index in [1.54, 1.807) is 23.4 Å². The maximum Gasteiger partial charge on any atom is 0.255 e. The van der Waals surface area contributed by atoms with Gasteiger partial charge in [0.15, 0.2) is 0 Å². The van der Waals surface area contributed by atoms with E-state index in [9.17, 15) is 9.18 Å². The summed E-state index contributed by atoms with van der Waals surface area (Å²) in [7, 11) is 0. The van der Waals surface area contributed by atoms with Gasteiger partial charge in [0.1, 0.15) is 5.82 Å².